The molecule has 2 atom stereocenters. The Morgan fingerprint density at radius 3 is 2.85 bits per heavy atom. The minimum atomic E-state index is -0.325. The number of nitrogens with zero attached hydrogens (tertiary/aromatic N) is 1. The molecule has 1 aliphatic rings. The maximum absolute atomic E-state index is 12.8. The van der Waals surface area contributed by atoms with E-state index in [2.05, 4.69) is 0 Å². The van der Waals surface area contributed by atoms with Crippen molar-refractivity contribution in [3.8, 4) is 0 Å². The summed E-state index contributed by atoms with van der Waals surface area (Å²) in [6.45, 7) is 2.60. The lowest BCUT2D eigenvalue weighted by atomic mass is 10.1. The smallest absolute Gasteiger partial charge is 0.246 e. The quantitative estimate of drug-likeness (QED) is 0.852. The highest BCUT2D eigenvalue weighted by molar-refractivity contribution is 5.92. The first-order chi connectivity index (χ1) is 9.60. The van der Waals surface area contributed by atoms with Crippen LogP contribution in [0.5, 0.6) is 0 Å². The van der Waals surface area contributed by atoms with Gasteiger partial charge >= 0.3 is 0 Å². The minimum Gasteiger partial charge on any atom is -0.394 e. The van der Waals surface area contributed by atoms with Gasteiger partial charge in [0.2, 0.25) is 5.91 Å². The molecule has 1 aromatic carbocycles. The fourth-order valence-electron chi connectivity index (χ4n) is 2.07. The molecular weight excluding hydrogens is 261 g/mol. The minimum absolute atomic E-state index is 0.0248. The molecule has 0 bridgehead atoms. The number of aliphatic hydroxyl groups is 1. The lowest BCUT2D eigenvalue weighted by molar-refractivity contribution is -0.140. The van der Waals surface area contributed by atoms with Crippen LogP contribution in [0, 0.1) is 5.82 Å². The SMILES string of the molecule is CC1COC(CO)CN1C(=O)/C=C/c1ccc(F)cc1. The molecule has 0 aliphatic carbocycles. The van der Waals surface area contributed by atoms with Crippen LogP contribution in [0.25, 0.3) is 6.08 Å². The Labute approximate surface area is 117 Å². The van der Waals surface area contributed by atoms with Crippen LogP contribution in [-0.4, -0.2) is 47.8 Å². The van der Waals surface area contributed by atoms with E-state index in [-0.39, 0.29) is 30.5 Å². The van der Waals surface area contributed by atoms with Gasteiger partial charge in [0.25, 0.3) is 0 Å². The molecule has 0 aromatic heterocycles. The molecule has 5 heteroatoms. The lowest BCUT2D eigenvalue weighted by Gasteiger charge is -2.36. The molecule has 108 valence electrons. The van der Waals surface area contributed by atoms with Crippen molar-refractivity contribution in [1.29, 1.82) is 0 Å². The molecule has 1 heterocycles. The lowest BCUT2D eigenvalue weighted by Crippen LogP contribution is -2.51. The molecule has 2 rings (SSSR count). The van der Waals surface area contributed by atoms with E-state index in [1.54, 1.807) is 23.1 Å². The van der Waals surface area contributed by atoms with E-state index in [1.807, 2.05) is 6.92 Å². The van der Waals surface area contributed by atoms with Crippen LogP contribution in [0.1, 0.15) is 12.5 Å². The number of hydrogen-bond acceptors (Lipinski definition) is 3. The average Bonchev–Trinajstić information content (AvgIpc) is 2.47. The number of carbonyl (C=O) groups is 1. The van der Waals surface area contributed by atoms with Crippen molar-refractivity contribution in [2.75, 3.05) is 19.8 Å². The Morgan fingerprint density at radius 2 is 2.20 bits per heavy atom. The largest absolute Gasteiger partial charge is 0.394 e. The van der Waals surface area contributed by atoms with Gasteiger partial charge in [0.15, 0.2) is 0 Å². The highest BCUT2D eigenvalue weighted by atomic mass is 19.1. The van der Waals surface area contributed by atoms with Gasteiger partial charge < -0.3 is 14.7 Å². The van der Waals surface area contributed by atoms with Gasteiger partial charge in [-0.15, -0.1) is 0 Å². The molecule has 0 spiro atoms. The number of rotatable bonds is 3. The second-order valence-electron chi connectivity index (χ2n) is 4.86. The van der Waals surface area contributed by atoms with Crippen LogP contribution in [0.15, 0.2) is 30.3 Å². The summed E-state index contributed by atoms with van der Waals surface area (Å²) in [6, 6.07) is 5.90. The van der Waals surface area contributed by atoms with E-state index in [0.29, 0.717) is 13.2 Å². The van der Waals surface area contributed by atoms with E-state index in [9.17, 15) is 9.18 Å². The van der Waals surface area contributed by atoms with Crippen LogP contribution < -0.4 is 0 Å². The summed E-state index contributed by atoms with van der Waals surface area (Å²) in [5, 5.41) is 9.09. The Bertz CT molecular complexity index is 486. The number of benzene rings is 1. The Balaban J connectivity index is 2.01. The molecule has 0 saturated carbocycles. The summed E-state index contributed by atoms with van der Waals surface area (Å²) in [7, 11) is 0. The van der Waals surface area contributed by atoms with Gasteiger partial charge in [0.1, 0.15) is 5.82 Å². The highest BCUT2D eigenvalue weighted by Gasteiger charge is 2.27. The summed E-state index contributed by atoms with van der Waals surface area (Å²) in [4.78, 5) is 13.8. The number of morpholine rings is 1. The van der Waals surface area contributed by atoms with Gasteiger partial charge in [0.05, 0.1) is 25.4 Å². The molecule has 1 aliphatic heterocycles. The maximum Gasteiger partial charge on any atom is 0.246 e. The molecular formula is C15H18FNO3. The highest BCUT2D eigenvalue weighted by Crippen LogP contribution is 2.13. The van der Waals surface area contributed by atoms with E-state index in [1.165, 1.54) is 18.2 Å². The number of ether oxygens (including phenoxy) is 1. The van der Waals surface area contributed by atoms with Crippen molar-refractivity contribution in [2.24, 2.45) is 0 Å². The Kier molecular flexibility index (Phi) is 4.87. The van der Waals surface area contributed by atoms with Crippen LogP contribution in [0.4, 0.5) is 4.39 Å². The second kappa shape index (κ2) is 6.63. The summed E-state index contributed by atoms with van der Waals surface area (Å²) >= 11 is 0. The molecule has 1 aromatic rings. The number of halogens is 1. The zero-order valence-electron chi connectivity index (χ0n) is 11.3. The summed E-state index contributed by atoms with van der Waals surface area (Å²) < 4.78 is 18.2. The number of carbonyl (C=O) groups excluding carboxylic acids is 1. The van der Waals surface area contributed by atoms with E-state index >= 15 is 0 Å². The zero-order chi connectivity index (χ0) is 14.5. The van der Waals surface area contributed by atoms with Gasteiger partial charge in [-0.3, -0.25) is 4.79 Å². The average molecular weight is 279 g/mol. The number of aliphatic hydroxyl groups excluding tert-OH is 1. The van der Waals surface area contributed by atoms with E-state index in [0.717, 1.165) is 5.56 Å². The monoisotopic (exact) mass is 279 g/mol. The molecule has 4 nitrogen and oxygen atoms in total. The normalized spacial score (nSPS) is 23.2. The summed E-state index contributed by atoms with van der Waals surface area (Å²) in [6.07, 6.45) is 2.79. The first-order valence-electron chi connectivity index (χ1n) is 6.57. The first kappa shape index (κ1) is 14.7. The molecule has 1 fully saturated rings. The molecule has 1 saturated heterocycles. The first-order valence-corrected chi connectivity index (χ1v) is 6.57. The van der Waals surface area contributed by atoms with Gasteiger partial charge in [-0.1, -0.05) is 12.1 Å². The van der Waals surface area contributed by atoms with E-state index < -0.39 is 0 Å². The van der Waals surface area contributed by atoms with Crippen molar-refractivity contribution in [3.63, 3.8) is 0 Å². The molecule has 0 radical (unpaired) electrons. The van der Waals surface area contributed by atoms with Crippen molar-refractivity contribution in [1.82, 2.24) is 4.90 Å². The van der Waals surface area contributed by atoms with Crippen LogP contribution >= 0.6 is 0 Å². The predicted octanol–water partition coefficient (Wildman–Crippen LogP) is 1.45. The van der Waals surface area contributed by atoms with Crippen LogP contribution in [0.3, 0.4) is 0 Å². The fraction of sp³-hybridized carbons (Fsp3) is 0.400. The molecule has 20 heavy (non-hydrogen) atoms. The third-order valence-electron chi connectivity index (χ3n) is 3.28. The Morgan fingerprint density at radius 1 is 1.50 bits per heavy atom. The number of amides is 1. The maximum atomic E-state index is 12.8. The standard InChI is InChI=1S/C15H18FNO3/c1-11-10-20-14(9-18)8-17(11)15(19)7-4-12-2-5-13(16)6-3-12/h2-7,11,14,18H,8-10H2,1H3/b7-4+. The third kappa shape index (κ3) is 3.65. The molecule has 2 unspecified atom stereocenters. The predicted molar refractivity (Wildman–Crippen MR) is 73.4 cm³/mol. The molecule has 1 N–H and O–H groups in total. The van der Waals surface area contributed by atoms with Crippen LogP contribution in [-0.2, 0) is 9.53 Å². The van der Waals surface area contributed by atoms with Crippen molar-refractivity contribution in [3.05, 3.63) is 41.7 Å². The van der Waals surface area contributed by atoms with Crippen molar-refractivity contribution >= 4 is 12.0 Å². The Hall–Kier alpha value is -1.72. The van der Waals surface area contributed by atoms with Gasteiger partial charge in [-0.2, -0.15) is 0 Å². The molecule has 1 amide bonds. The topological polar surface area (TPSA) is 49.8 Å². The fourth-order valence-corrected chi connectivity index (χ4v) is 2.07. The summed E-state index contributed by atoms with van der Waals surface area (Å²) in [5.41, 5.74) is 0.763. The van der Waals surface area contributed by atoms with Gasteiger partial charge in [-0.05, 0) is 30.7 Å². The van der Waals surface area contributed by atoms with Crippen LogP contribution in [0.2, 0.25) is 0 Å². The van der Waals surface area contributed by atoms with Crippen molar-refractivity contribution < 1.29 is 19.0 Å². The number of hydrogen-bond donors (Lipinski definition) is 1. The van der Waals surface area contributed by atoms with Gasteiger partial charge in [0, 0.05) is 12.6 Å². The summed E-state index contributed by atoms with van der Waals surface area (Å²) in [5.74, 6) is -0.440. The van der Waals surface area contributed by atoms with E-state index in [4.69, 9.17) is 9.84 Å². The second-order valence-corrected chi connectivity index (χ2v) is 4.86. The van der Waals surface area contributed by atoms with Crippen molar-refractivity contribution in [2.45, 2.75) is 19.1 Å². The zero-order valence-corrected chi connectivity index (χ0v) is 11.3. The third-order valence-corrected chi connectivity index (χ3v) is 3.28. The van der Waals surface area contributed by atoms with Gasteiger partial charge in [-0.25, -0.2) is 4.39 Å².